The first-order chi connectivity index (χ1) is 13.7. The van der Waals surface area contributed by atoms with Crippen LogP contribution in [-0.2, 0) is 11.3 Å². The molecule has 2 aromatic rings. The van der Waals surface area contributed by atoms with E-state index in [1.54, 1.807) is 7.11 Å². The largest absolute Gasteiger partial charge is 0.496 e. The van der Waals surface area contributed by atoms with Crippen molar-refractivity contribution in [2.75, 3.05) is 33.4 Å². The Labute approximate surface area is 166 Å². The van der Waals surface area contributed by atoms with Crippen LogP contribution in [0.2, 0.25) is 0 Å². The maximum Gasteiger partial charge on any atom is 0.124 e. The number of nitrogens with one attached hydrogen (secondary N) is 1. The first kappa shape index (κ1) is 20.6. The molecule has 152 valence electrons. The number of aliphatic hydroxyl groups is 2. The number of para-hydroxylation sites is 1. The number of hydrogen-bond acceptors (Lipinski definition) is 6. The summed E-state index contributed by atoms with van der Waals surface area (Å²) in [5.74, 6) is 1.34. The number of methoxy groups -OCH3 is 1. The van der Waals surface area contributed by atoms with Gasteiger partial charge < -0.3 is 29.7 Å². The lowest BCUT2D eigenvalue weighted by Crippen LogP contribution is -2.48. The molecule has 3 rings (SSSR count). The zero-order chi connectivity index (χ0) is 19.8. The SMILES string of the molecule is COc1ccccc1COCCCOc1ccc([C@@H]2[C@H](O)CNC[C@@H]2O)cc1. The minimum atomic E-state index is -0.587. The number of hydrogen-bond donors (Lipinski definition) is 3. The lowest BCUT2D eigenvalue weighted by atomic mass is 9.86. The third-order valence-electron chi connectivity index (χ3n) is 4.95. The van der Waals surface area contributed by atoms with Crippen molar-refractivity contribution in [3.8, 4) is 11.5 Å². The molecule has 6 nitrogen and oxygen atoms in total. The standard InChI is InChI=1S/C22H29NO5/c1-26-21-6-3-2-5-17(21)15-27-11-4-12-28-18-9-7-16(8-10-18)22-19(24)13-23-14-20(22)25/h2-3,5-10,19-20,22-25H,4,11-15H2,1H3/t19-,20+,22-. The van der Waals surface area contributed by atoms with Crippen LogP contribution in [0.4, 0.5) is 0 Å². The second kappa shape index (κ2) is 10.4. The van der Waals surface area contributed by atoms with Gasteiger partial charge in [0.25, 0.3) is 0 Å². The molecule has 3 atom stereocenters. The van der Waals surface area contributed by atoms with E-state index in [1.807, 2.05) is 48.5 Å². The van der Waals surface area contributed by atoms with Crippen LogP contribution in [0.3, 0.4) is 0 Å². The highest BCUT2D eigenvalue weighted by atomic mass is 16.5. The molecule has 0 spiro atoms. The fraction of sp³-hybridized carbons (Fsp3) is 0.455. The Morgan fingerprint density at radius 3 is 2.39 bits per heavy atom. The molecule has 0 unspecified atom stereocenters. The average Bonchev–Trinajstić information content (AvgIpc) is 2.72. The quantitative estimate of drug-likeness (QED) is 0.572. The molecule has 0 saturated carbocycles. The number of aliphatic hydroxyl groups excluding tert-OH is 2. The summed E-state index contributed by atoms with van der Waals surface area (Å²) in [5, 5.41) is 23.3. The zero-order valence-corrected chi connectivity index (χ0v) is 16.2. The maximum absolute atomic E-state index is 10.1. The number of β-amino-alcohol motifs (C(OH)–C–C–N with tert-alkyl or cyclic N) is 2. The van der Waals surface area contributed by atoms with Crippen LogP contribution < -0.4 is 14.8 Å². The molecule has 2 aromatic carbocycles. The van der Waals surface area contributed by atoms with E-state index in [1.165, 1.54) is 0 Å². The monoisotopic (exact) mass is 387 g/mol. The lowest BCUT2D eigenvalue weighted by molar-refractivity contribution is 0.0264. The van der Waals surface area contributed by atoms with Crippen molar-refractivity contribution in [2.24, 2.45) is 0 Å². The molecular weight excluding hydrogens is 358 g/mol. The number of rotatable bonds is 9. The van der Waals surface area contributed by atoms with Gasteiger partial charge >= 0.3 is 0 Å². The topological polar surface area (TPSA) is 80.2 Å². The third kappa shape index (κ3) is 5.45. The molecule has 0 radical (unpaired) electrons. The first-order valence-corrected chi connectivity index (χ1v) is 9.68. The van der Waals surface area contributed by atoms with E-state index in [-0.39, 0.29) is 5.92 Å². The van der Waals surface area contributed by atoms with E-state index in [0.29, 0.717) is 32.9 Å². The Morgan fingerprint density at radius 2 is 1.68 bits per heavy atom. The second-order valence-corrected chi connectivity index (χ2v) is 6.95. The van der Waals surface area contributed by atoms with E-state index in [2.05, 4.69) is 5.32 Å². The van der Waals surface area contributed by atoms with Gasteiger partial charge in [0.1, 0.15) is 11.5 Å². The van der Waals surface area contributed by atoms with E-state index in [0.717, 1.165) is 29.0 Å². The molecule has 0 aliphatic carbocycles. The molecule has 1 aliphatic rings. The van der Waals surface area contributed by atoms with E-state index < -0.39 is 12.2 Å². The number of piperidine rings is 1. The van der Waals surface area contributed by atoms with Crippen molar-refractivity contribution >= 4 is 0 Å². The van der Waals surface area contributed by atoms with Gasteiger partial charge in [-0.2, -0.15) is 0 Å². The Kier molecular flexibility index (Phi) is 7.68. The highest BCUT2D eigenvalue weighted by molar-refractivity contribution is 5.32. The van der Waals surface area contributed by atoms with Gasteiger partial charge in [0.05, 0.1) is 39.1 Å². The third-order valence-corrected chi connectivity index (χ3v) is 4.95. The van der Waals surface area contributed by atoms with Crippen molar-refractivity contribution in [1.29, 1.82) is 0 Å². The molecule has 1 heterocycles. The van der Waals surface area contributed by atoms with Crippen LogP contribution in [0.15, 0.2) is 48.5 Å². The summed E-state index contributed by atoms with van der Waals surface area (Å²) in [6.07, 6.45) is -0.394. The van der Waals surface area contributed by atoms with Crippen LogP contribution in [-0.4, -0.2) is 55.8 Å². The van der Waals surface area contributed by atoms with Crippen molar-refractivity contribution in [3.63, 3.8) is 0 Å². The molecule has 6 heteroatoms. The van der Waals surface area contributed by atoms with Crippen LogP contribution in [0, 0.1) is 0 Å². The fourth-order valence-electron chi connectivity index (χ4n) is 3.48. The summed E-state index contributed by atoms with van der Waals surface area (Å²) in [4.78, 5) is 0. The summed E-state index contributed by atoms with van der Waals surface area (Å²) in [7, 11) is 1.66. The van der Waals surface area contributed by atoms with Crippen LogP contribution in [0.5, 0.6) is 11.5 Å². The Bertz CT molecular complexity index is 711. The van der Waals surface area contributed by atoms with Gasteiger partial charge in [-0.05, 0) is 23.8 Å². The van der Waals surface area contributed by atoms with E-state index in [4.69, 9.17) is 14.2 Å². The van der Waals surface area contributed by atoms with Crippen LogP contribution in [0.25, 0.3) is 0 Å². The van der Waals surface area contributed by atoms with E-state index in [9.17, 15) is 10.2 Å². The summed E-state index contributed by atoms with van der Waals surface area (Å²) in [6, 6.07) is 15.4. The van der Waals surface area contributed by atoms with Gasteiger partial charge in [0, 0.05) is 31.0 Å². The smallest absolute Gasteiger partial charge is 0.124 e. The Hall–Kier alpha value is -2.12. The van der Waals surface area contributed by atoms with Crippen molar-refractivity contribution < 1.29 is 24.4 Å². The highest BCUT2D eigenvalue weighted by Crippen LogP contribution is 2.27. The average molecular weight is 387 g/mol. The minimum Gasteiger partial charge on any atom is -0.496 e. The molecule has 1 aliphatic heterocycles. The van der Waals surface area contributed by atoms with Gasteiger partial charge in [-0.15, -0.1) is 0 Å². The minimum absolute atomic E-state index is 0.265. The Balaban J connectivity index is 1.38. The molecule has 1 saturated heterocycles. The van der Waals surface area contributed by atoms with Gasteiger partial charge in [-0.3, -0.25) is 0 Å². The van der Waals surface area contributed by atoms with Gasteiger partial charge in [0.2, 0.25) is 0 Å². The lowest BCUT2D eigenvalue weighted by Gasteiger charge is -2.33. The van der Waals surface area contributed by atoms with Crippen molar-refractivity contribution in [2.45, 2.75) is 31.2 Å². The van der Waals surface area contributed by atoms with Crippen molar-refractivity contribution in [1.82, 2.24) is 5.32 Å². The molecule has 3 N–H and O–H groups in total. The number of benzene rings is 2. The first-order valence-electron chi connectivity index (χ1n) is 9.68. The zero-order valence-electron chi connectivity index (χ0n) is 16.2. The summed E-state index contributed by atoms with van der Waals surface area (Å²) in [6.45, 7) is 2.66. The fourth-order valence-corrected chi connectivity index (χ4v) is 3.48. The summed E-state index contributed by atoms with van der Waals surface area (Å²) >= 11 is 0. The van der Waals surface area contributed by atoms with E-state index >= 15 is 0 Å². The highest BCUT2D eigenvalue weighted by Gasteiger charge is 2.31. The van der Waals surface area contributed by atoms with Gasteiger partial charge in [0.15, 0.2) is 0 Å². The molecular formula is C22H29NO5. The number of ether oxygens (including phenoxy) is 3. The molecule has 1 fully saturated rings. The van der Waals surface area contributed by atoms with Gasteiger partial charge in [-0.1, -0.05) is 30.3 Å². The molecule has 0 amide bonds. The molecule has 0 aromatic heterocycles. The predicted octanol–water partition coefficient (Wildman–Crippen LogP) is 2.09. The second-order valence-electron chi connectivity index (χ2n) is 6.95. The summed E-state index contributed by atoms with van der Waals surface area (Å²) in [5.41, 5.74) is 1.96. The predicted molar refractivity (Wildman–Crippen MR) is 107 cm³/mol. The normalized spacial score (nSPS) is 22.0. The summed E-state index contributed by atoms with van der Waals surface area (Å²) < 4.78 is 16.8. The molecule has 28 heavy (non-hydrogen) atoms. The van der Waals surface area contributed by atoms with Crippen molar-refractivity contribution in [3.05, 3.63) is 59.7 Å². The Morgan fingerprint density at radius 1 is 0.964 bits per heavy atom. The van der Waals surface area contributed by atoms with Gasteiger partial charge in [-0.25, -0.2) is 0 Å². The van der Waals surface area contributed by atoms with Crippen LogP contribution >= 0.6 is 0 Å². The van der Waals surface area contributed by atoms with Crippen LogP contribution in [0.1, 0.15) is 23.5 Å². The molecule has 0 bridgehead atoms. The maximum atomic E-state index is 10.1.